The molecule has 0 unspecified atom stereocenters. The van der Waals surface area contributed by atoms with E-state index in [0.29, 0.717) is 22.6 Å². The Morgan fingerprint density at radius 1 is 1.14 bits per heavy atom. The maximum atomic E-state index is 12.1. The van der Waals surface area contributed by atoms with Crippen LogP contribution in [0.5, 0.6) is 11.5 Å². The smallest absolute Gasteiger partial charge is 0.262 e. The summed E-state index contributed by atoms with van der Waals surface area (Å²) in [5.74, 6) is 0.654. The van der Waals surface area contributed by atoms with Gasteiger partial charge in [-0.3, -0.25) is 4.79 Å². The number of para-hydroxylation sites is 1. The number of ether oxygens (including phenoxy) is 2. The van der Waals surface area contributed by atoms with Crippen LogP contribution in [-0.4, -0.2) is 25.7 Å². The van der Waals surface area contributed by atoms with E-state index < -0.39 is 0 Å². The molecule has 2 N–H and O–H groups in total. The van der Waals surface area contributed by atoms with Crippen molar-refractivity contribution >= 4 is 23.2 Å². The van der Waals surface area contributed by atoms with E-state index in [2.05, 4.69) is 10.6 Å². The SMILES string of the molecule is COc1cc(CNC2CCCCC2)cc(Cl)c1OCC(=O)Nc1ccccc1. The fraction of sp³-hybridized carbons (Fsp3) is 0.409. The van der Waals surface area contributed by atoms with Crippen LogP contribution in [0.15, 0.2) is 42.5 Å². The van der Waals surface area contributed by atoms with Gasteiger partial charge in [-0.25, -0.2) is 0 Å². The van der Waals surface area contributed by atoms with Crippen molar-refractivity contribution in [2.24, 2.45) is 0 Å². The average molecular weight is 403 g/mol. The molecule has 5 nitrogen and oxygen atoms in total. The van der Waals surface area contributed by atoms with Gasteiger partial charge in [-0.05, 0) is 42.7 Å². The summed E-state index contributed by atoms with van der Waals surface area (Å²) in [6.45, 7) is 0.583. The van der Waals surface area contributed by atoms with Crippen LogP contribution >= 0.6 is 11.6 Å². The van der Waals surface area contributed by atoms with Crippen LogP contribution in [-0.2, 0) is 11.3 Å². The lowest BCUT2D eigenvalue weighted by atomic mass is 9.95. The van der Waals surface area contributed by atoms with Crippen LogP contribution < -0.4 is 20.1 Å². The van der Waals surface area contributed by atoms with Crippen LogP contribution in [0.4, 0.5) is 5.69 Å². The normalized spacial score (nSPS) is 14.5. The molecule has 1 fully saturated rings. The zero-order valence-corrected chi connectivity index (χ0v) is 16.9. The van der Waals surface area contributed by atoms with Gasteiger partial charge in [-0.15, -0.1) is 0 Å². The third-order valence-corrected chi connectivity index (χ3v) is 5.18. The van der Waals surface area contributed by atoms with Crippen molar-refractivity contribution in [3.8, 4) is 11.5 Å². The van der Waals surface area contributed by atoms with Gasteiger partial charge in [0.25, 0.3) is 5.91 Å². The topological polar surface area (TPSA) is 59.6 Å². The number of amides is 1. The quantitative estimate of drug-likeness (QED) is 0.666. The van der Waals surface area contributed by atoms with Crippen molar-refractivity contribution in [2.75, 3.05) is 19.0 Å². The number of hydrogen-bond acceptors (Lipinski definition) is 4. The molecule has 1 aliphatic carbocycles. The monoisotopic (exact) mass is 402 g/mol. The predicted molar refractivity (Wildman–Crippen MR) is 112 cm³/mol. The van der Waals surface area contributed by atoms with Crippen LogP contribution in [0.2, 0.25) is 5.02 Å². The first-order valence-corrected chi connectivity index (χ1v) is 10.1. The molecule has 1 aliphatic rings. The van der Waals surface area contributed by atoms with Gasteiger partial charge in [-0.2, -0.15) is 0 Å². The van der Waals surface area contributed by atoms with E-state index in [4.69, 9.17) is 21.1 Å². The number of hydrogen-bond donors (Lipinski definition) is 2. The minimum Gasteiger partial charge on any atom is -0.493 e. The predicted octanol–water partition coefficient (Wildman–Crippen LogP) is 4.79. The number of methoxy groups -OCH3 is 1. The molecule has 28 heavy (non-hydrogen) atoms. The molecular weight excluding hydrogens is 376 g/mol. The van der Waals surface area contributed by atoms with E-state index in [1.807, 2.05) is 42.5 Å². The highest BCUT2D eigenvalue weighted by molar-refractivity contribution is 6.32. The van der Waals surface area contributed by atoms with Crippen molar-refractivity contribution in [3.05, 3.63) is 53.1 Å². The third kappa shape index (κ3) is 5.88. The maximum absolute atomic E-state index is 12.1. The summed E-state index contributed by atoms with van der Waals surface area (Å²) in [4.78, 5) is 12.1. The van der Waals surface area contributed by atoms with E-state index in [-0.39, 0.29) is 12.5 Å². The van der Waals surface area contributed by atoms with Crippen LogP contribution in [0.1, 0.15) is 37.7 Å². The van der Waals surface area contributed by atoms with Gasteiger partial charge in [0.2, 0.25) is 0 Å². The Hall–Kier alpha value is -2.24. The van der Waals surface area contributed by atoms with Gasteiger partial charge in [0.15, 0.2) is 18.1 Å². The van der Waals surface area contributed by atoms with Gasteiger partial charge in [-0.1, -0.05) is 49.1 Å². The maximum Gasteiger partial charge on any atom is 0.262 e. The highest BCUT2D eigenvalue weighted by Gasteiger charge is 2.16. The van der Waals surface area contributed by atoms with Gasteiger partial charge < -0.3 is 20.1 Å². The molecule has 2 aromatic carbocycles. The summed E-state index contributed by atoms with van der Waals surface area (Å²) in [6, 6.07) is 13.6. The van der Waals surface area contributed by atoms with Crippen molar-refractivity contribution in [3.63, 3.8) is 0 Å². The second-order valence-electron chi connectivity index (χ2n) is 7.03. The summed E-state index contributed by atoms with van der Waals surface area (Å²) in [6.07, 6.45) is 6.37. The first-order valence-electron chi connectivity index (χ1n) is 9.73. The number of halogens is 1. The fourth-order valence-corrected chi connectivity index (χ4v) is 3.73. The lowest BCUT2D eigenvalue weighted by Gasteiger charge is -2.23. The number of benzene rings is 2. The third-order valence-electron chi connectivity index (χ3n) is 4.89. The molecule has 6 heteroatoms. The Labute approximate surface area is 171 Å². The Morgan fingerprint density at radius 3 is 2.61 bits per heavy atom. The summed E-state index contributed by atoms with van der Waals surface area (Å²) in [5, 5.41) is 6.81. The Bertz CT molecular complexity index is 777. The van der Waals surface area contributed by atoms with Crippen molar-refractivity contribution < 1.29 is 14.3 Å². The molecule has 0 bridgehead atoms. The largest absolute Gasteiger partial charge is 0.493 e. The molecule has 0 spiro atoms. The number of carbonyl (C=O) groups excluding carboxylic acids is 1. The minimum absolute atomic E-state index is 0.148. The molecule has 3 rings (SSSR count). The second kappa shape index (κ2) is 10.3. The highest BCUT2D eigenvalue weighted by atomic mass is 35.5. The van der Waals surface area contributed by atoms with Gasteiger partial charge in [0, 0.05) is 18.3 Å². The lowest BCUT2D eigenvalue weighted by Crippen LogP contribution is -2.30. The summed E-state index contributed by atoms with van der Waals surface area (Å²) in [7, 11) is 1.57. The van der Waals surface area contributed by atoms with Crippen LogP contribution in [0.25, 0.3) is 0 Å². The van der Waals surface area contributed by atoms with E-state index >= 15 is 0 Å². The summed E-state index contributed by atoms with van der Waals surface area (Å²) in [5.41, 5.74) is 1.76. The molecule has 2 aromatic rings. The number of rotatable bonds is 8. The first-order chi connectivity index (χ1) is 13.7. The standard InChI is InChI=1S/C22H27ClN2O3/c1-27-20-13-16(14-24-17-8-4-2-5-9-17)12-19(23)22(20)28-15-21(26)25-18-10-6-3-7-11-18/h3,6-7,10-13,17,24H,2,4-5,8-9,14-15H2,1H3,(H,25,26). The van der Waals surface area contributed by atoms with Gasteiger partial charge >= 0.3 is 0 Å². The second-order valence-corrected chi connectivity index (χ2v) is 7.43. The molecule has 0 aliphatic heterocycles. The Morgan fingerprint density at radius 2 is 1.89 bits per heavy atom. The molecule has 0 heterocycles. The highest BCUT2D eigenvalue weighted by Crippen LogP contribution is 2.36. The first kappa shape index (κ1) is 20.5. The van der Waals surface area contributed by atoms with Crippen LogP contribution in [0, 0.1) is 0 Å². The Balaban J connectivity index is 1.58. The summed E-state index contributed by atoms with van der Waals surface area (Å²) >= 11 is 6.41. The molecule has 1 saturated carbocycles. The lowest BCUT2D eigenvalue weighted by molar-refractivity contribution is -0.118. The molecule has 1 amide bonds. The number of nitrogens with one attached hydrogen (secondary N) is 2. The van der Waals surface area contributed by atoms with Crippen LogP contribution in [0.3, 0.4) is 0 Å². The van der Waals surface area contributed by atoms with Crippen molar-refractivity contribution in [1.29, 1.82) is 0 Å². The molecular formula is C22H27ClN2O3. The van der Waals surface area contributed by atoms with Crippen molar-refractivity contribution in [1.82, 2.24) is 5.32 Å². The number of anilines is 1. The minimum atomic E-state index is -0.257. The molecule has 0 saturated heterocycles. The van der Waals surface area contributed by atoms with Crippen molar-refractivity contribution in [2.45, 2.75) is 44.7 Å². The van der Waals surface area contributed by atoms with E-state index in [9.17, 15) is 4.79 Å². The zero-order valence-electron chi connectivity index (χ0n) is 16.2. The fourth-order valence-electron chi connectivity index (χ4n) is 3.44. The molecule has 150 valence electrons. The molecule has 0 radical (unpaired) electrons. The molecule has 0 aromatic heterocycles. The van der Waals surface area contributed by atoms with E-state index in [0.717, 1.165) is 17.8 Å². The number of carbonyl (C=O) groups is 1. The zero-order chi connectivity index (χ0) is 19.8. The molecule has 0 atom stereocenters. The average Bonchev–Trinajstić information content (AvgIpc) is 2.72. The van der Waals surface area contributed by atoms with E-state index in [1.165, 1.54) is 32.1 Å². The van der Waals surface area contributed by atoms with E-state index in [1.54, 1.807) is 7.11 Å². The summed E-state index contributed by atoms with van der Waals surface area (Å²) < 4.78 is 11.1. The van der Waals surface area contributed by atoms with Gasteiger partial charge in [0.1, 0.15) is 0 Å². The van der Waals surface area contributed by atoms with Gasteiger partial charge in [0.05, 0.1) is 12.1 Å². The Kier molecular flexibility index (Phi) is 7.57.